The van der Waals surface area contributed by atoms with Crippen LogP contribution in [0.4, 0.5) is 5.95 Å². The number of anilines is 1. The molecule has 0 aliphatic carbocycles. The zero-order valence-corrected chi connectivity index (χ0v) is 12.7. The monoisotopic (exact) mass is 279 g/mol. The van der Waals surface area contributed by atoms with Crippen LogP contribution in [0.15, 0.2) is 4.79 Å². The number of H-pyrrole nitrogens is 1. The smallest absolute Gasteiger partial charge is 0.255 e. The summed E-state index contributed by atoms with van der Waals surface area (Å²) in [6.07, 6.45) is 4.22. The zero-order chi connectivity index (χ0) is 14.5. The van der Waals surface area contributed by atoms with Gasteiger partial charge in [0.2, 0.25) is 5.95 Å². The maximum atomic E-state index is 12.1. The van der Waals surface area contributed by atoms with Crippen LogP contribution in [0.2, 0.25) is 0 Å². The minimum Gasteiger partial charge on any atom is -0.376 e. The number of rotatable bonds is 6. The van der Waals surface area contributed by atoms with Gasteiger partial charge in [0.05, 0.1) is 6.10 Å². The van der Waals surface area contributed by atoms with E-state index in [0.29, 0.717) is 18.4 Å². The molecule has 2 heterocycles. The van der Waals surface area contributed by atoms with E-state index in [-0.39, 0.29) is 11.7 Å². The molecule has 1 atom stereocenters. The standard InChI is InChI=1S/C15H25N3O2/c1-10(2)6-7-13-11(3)17-15(18-14(13)19)16-9-12-5-4-8-20-12/h10,12H,4-9H2,1-3H3,(H2,16,17,18,19)/t12-/m0/s1. The van der Waals surface area contributed by atoms with Crippen LogP contribution in [0.5, 0.6) is 0 Å². The maximum Gasteiger partial charge on any atom is 0.255 e. The Morgan fingerprint density at radius 1 is 1.50 bits per heavy atom. The highest BCUT2D eigenvalue weighted by atomic mass is 16.5. The van der Waals surface area contributed by atoms with Crippen molar-refractivity contribution in [2.75, 3.05) is 18.5 Å². The molecule has 2 N–H and O–H groups in total. The van der Waals surface area contributed by atoms with Crippen LogP contribution >= 0.6 is 0 Å². The van der Waals surface area contributed by atoms with Gasteiger partial charge in [-0.25, -0.2) is 4.98 Å². The summed E-state index contributed by atoms with van der Waals surface area (Å²) >= 11 is 0. The van der Waals surface area contributed by atoms with Crippen LogP contribution in [-0.4, -0.2) is 29.2 Å². The van der Waals surface area contributed by atoms with Crippen LogP contribution in [-0.2, 0) is 11.2 Å². The van der Waals surface area contributed by atoms with Gasteiger partial charge in [0.1, 0.15) is 0 Å². The summed E-state index contributed by atoms with van der Waals surface area (Å²) in [7, 11) is 0. The predicted octanol–water partition coefficient (Wildman–Crippen LogP) is 2.26. The Kier molecular flexibility index (Phi) is 5.17. The highest BCUT2D eigenvalue weighted by Gasteiger charge is 2.16. The zero-order valence-electron chi connectivity index (χ0n) is 12.7. The predicted molar refractivity (Wildman–Crippen MR) is 80.2 cm³/mol. The summed E-state index contributed by atoms with van der Waals surface area (Å²) in [4.78, 5) is 19.4. The second-order valence-corrected chi connectivity index (χ2v) is 5.93. The Morgan fingerprint density at radius 2 is 2.30 bits per heavy atom. The van der Waals surface area contributed by atoms with Crippen molar-refractivity contribution < 1.29 is 4.74 Å². The molecule has 0 aromatic carbocycles. The molecule has 1 fully saturated rings. The van der Waals surface area contributed by atoms with Gasteiger partial charge in [-0.05, 0) is 38.5 Å². The topological polar surface area (TPSA) is 67.0 Å². The molecule has 2 rings (SSSR count). The average Bonchev–Trinajstić information content (AvgIpc) is 2.88. The number of nitrogens with zero attached hydrogens (tertiary/aromatic N) is 1. The summed E-state index contributed by atoms with van der Waals surface area (Å²) in [6, 6.07) is 0. The fourth-order valence-electron chi connectivity index (χ4n) is 2.44. The third-order valence-electron chi connectivity index (χ3n) is 3.72. The van der Waals surface area contributed by atoms with Gasteiger partial charge < -0.3 is 10.1 Å². The normalized spacial score (nSPS) is 18.7. The van der Waals surface area contributed by atoms with E-state index in [1.807, 2.05) is 6.92 Å². The molecule has 1 saturated heterocycles. The Hall–Kier alpha value is -1.36. The third-order valence-corrected chi connectivity index (χ3v) is 3.72. The van der Waals surface area contributed by atoms with Gasteiger partial charge in [0, 0.05) is 24.4 Å². The molecule has 1 aliphatic rings. The molecule has 0 unspecified atom stereocenters. The van der Waals surface area contributed by atoms with E-state index in [1.54, 1.807) is 0 Å². The first-order chi connectivity index (χ1) is 9.56. The molecule has 1 aliphatic heterocycles. The summed E-state index contributed by atoms with van der Waals surface area (Å²) in [5.41, 5.74) is 1.61. The molecule has 112 valence electrons. The van der Waals surface area contributed by atoms with Crippen molar-refractivity contribution in [1.29, 1.82) is 0 Å². The van der Waals surface area contributed by atoms with E-state index in [9.17, 15) is 4.79 Å². The molecule has 5 heteroatoms. The number of aryl methyl sites for hydroxylation is 1. The SMILES string of the molecule is Cc1nc(NC[C@@H]2CCCO2)[nH]c(=O)c1CCC(C)C. The molecular formula is C15H25N3O2. The molecule has 1 aromatic heterocycles. The maximum absolute atomic E-state index is 12.1. The van der Waals surface area contributed by atoms with Gasteiger partial charge in [-0.15, -0.1) is 0 Å². The number of aromatic amines is 1. The Bertz CT molecular complexity index is 490. The fraction of sp³-hybridized carbons (Fsp3) is 0.733. The minimum absolute atomic E-state index is 0.0204. The largest absolute Gasteiger partial charge is 0.376 e. The molecule has 0 radical (unpaired) electrons. The van der Waals surface area contributed by atoms with Crippen molar-refractivity contribution in [3.05, 3.63) is 21.6 Å². The lowest BCUT2D eigenvalue weighted by atomic mass is 10.0. The average molecular weight is 279 g/mol. The van der Waals surface area contributed by atoms with Gasteiger partial charge in [0.15, 0.2) is 0 Å². The highest BCUT2D eigenvalue weighted by Crippen LogP contribution is 2.13. The van der Waals surface area contributed by atoms with Gasteiger partial charge in [-0.3, -0.25) is 9.78 Å². The van der Waals surface area contributed by atoms with Crippen molar-refractivity contribution in [3.8, 4) is 0 Å². The van der Waals surface area contributed by atoms with Crippen molar-refractivity contribution in [2.24, 2.45) is 5.92 Å². The van der Waals surface area contributed by atoms with E-state index < -0.39 is 0 Å². The Morgan fingerprint density at radius 3 is 2.90 bits per heavy atom. The van der Waals surface area contributed by atoms with Crippen LogP contribution in [0.3, 0.4) is 0 Å². The molecule has 5 nitrogen and oxygen atoms in total. The summed E-state index contributed by atoms with van der Waals surface area (Å²) < 4.78 is 5.54. The molecule has 0 bridgehead atoms. The second-order valence-electron chi connectivity index (χ2n) is 5.93. The molecule has 1 aromatic rings. The lowest BCUT2D eigenvalue weighted by Gasteiger charge is -2.12. The molecule has 20 heavy (non-hydrogen) atoms. The number of hydrogen-bond donors (Lipinski definition) is 2. The first kappa shape index (κ1) is 15.0. The van der Waals surface area contributed by atoms with E-state index in [0.717, 1.165) is 43.5 Å². The Labute approximate surface area is 120 Å². The number of ether oxygens (including phenoxy) is 1. The Balaban J connectivity index is 1.99. The van der Waals surface area contributed by atoms with E-state index in [1.165, 1.54) is 0 Å². The molecule has 0 spiro atoms. The number of nitrogens with one attached hydrogen (secondary N) is 2. The van der Waals surface area contributed by atoms with Crippen LogP contribution in [0.1, 0.15) is 44.4 Å². The lowest BCUT2D eigenvalue weighted by Crippen LogP contribution is -2.24. The molecular weight excluding hydrogens is 254 g/mol. The minimum atomic E-state index is -0.0204. The number of aromatic nitrogens is 2. The van der Waals surface area contributed by atoms with Gasteiger partial charge >= 0.3 is 0 Å². The molecule has 0 saturated carbocycles. The van der Waals surface area contributed by atoms with Crippen molar-refractivity contribution in [2.45, 2.75) is 52.6 Å². The molecule has 0 amide bonds. The van der Waals surface area contributed by atoms with Crippen LogP contribution < -0.4 is 10.9 Å². The van der Waals surface area contributed by atoms with Crippen molar-refractivity contribution in [3.63, 3.8) is 0 Å². The van der Waals surface area contributed by atoms with E-state index in [2.05, 4.69) is 29.1 Å². The summed E-state index contributed by atoms with van der Waals surface area (Å²) in [5, 5.41) is 3.17. The fourth-order valence-corrected chi connectivity index (χ4v) is 2.44. The highest BCUT2D eigenvalue weighted by molar-refractivity contribution is 5.29. The first-order valence-corrected chi connectivity index (χ1v) is 7.51. The summed E-state index contributed by atoms with van der Waals surface area (Å²) in [6.45, 7) is 7.77. The lowest BCUT2D eigenvalue weighted by molar-refractivity contribution is 0.120. The van der Waals surface area contributed by atoms with Gasteiger partial charge in [-0.1, -0.05) is 13.8 Å². The number of hydrogen-bond acceptors (Lipinski definition) is 4. The first-order valence-electron chi connectivity index (χ1n) is 7.51. The van der Waals surface area contributed by atoms with Gasteiger partial charge in [-0.2, -0.15) is 0 Å². The summed E-state index contributed by atoms with van der Waals surface area (Å²) in [5.74, 6) is 1.14. The quantitative estimate of drug-likeness (QED) is 0.838. The van der Waals surface area contributed by atoms with Crippen LogP contribution in [0.25, 0.3) is 0 Å². The second kappa shape index (κ2) is 6.88. The van der Waals surface area contributed by atoms with Crippen molar-refractivity contribution >= 4 is 5.95 Å². The van der Waals surface area contributed by atoms with E-state index >= 15 is 0 Å². The van der Waals surface area contributed by atoms with E-state index in [4.69, 9.17) is 4.74 Å². The van der Waals surface area contributed by atoms with Crippen molar-refractivity contribution in [1.82, 2.24) is 9.97 Å². The van der Waals surface area contributed by atoms with Gasteiger partial charge in [0.25, 0.3) is 5.56 Å². The third kappa shape index (κ3) is 4.07. The van der Waals surface area contributed by atoms with Crippen LogP contribution in [0, 0.1) is 12.8 Å².